The third kappa shape index (κ3) is 3.95. The first kappa shape index (κ1) is 15.3. The van der Waals surface area contributed by atoms with Crippen molar-refractivity contribution in [1.29, 1.82) is 0 Å². The van der Waals surface area contributed by atoms with Gasteiger partial charge < -0.3 is 9.73 Å². The third-order valence-electron chi connectivity index (χ3n) is 3.13. The molecule has 2 heterocycles. The van der Waals surface area contributed by atoms with Gasteiger partial charge in [0.2, 0.25) is 11.8 Å². The SMILES string of the molecule is CNC(=O)[C@@H](C)Sc1nnc(C[C@H]2CCS(=O)(=O)C2)o1. The van der Waals surface area contributed by atoms with Gasteiger partial charge in [0.1, 0.15) is 0 Å². The van der Waals surface area contributed by atoms with E-state index in [1.54, 1.807) is 14.0 Å². The normalized spacial score (nSPS) is 22.6. The number of hydrogen-bond acceptors (Lipinski definition) is 7. The van der Waals surface area contributed by atoms with Gasteiger partial charge in [-0.2, -0.15) is 0 Å². The number of carbonyl (C=O) groups is 1. The summed E-state index contributed by atoms with van der Waals surface area (Å²) >= 11 is 1.18. The van der Waals surface area contributed by atoms with Crippen molar-refractivity contribution in [2.45, 2.75) is 30.2 Å². The van der Waals surface area contributed by atoms with Crippen LogP contribution in [0.15, 0.2) is 9.64 Å². The molecule has 0 bridgehead atoms. The molecule has 1 fully saturated rings. The maximum atomic E-state index is 11.4. The molecule has 1 aliphatic heterocycles. The largest absolute Gasteiger partial charge is 0.416 e. The van der Waals surface area contributed by atoms with Gasteiger partial charge in [0.05, 0.1) is 16.8 Å². The average molecular weight is 319 g/mol. The van der Waals surface area contributed by atoms with E-state index in [1.807, 2.05) is 0 Å². The summed E-state index contributed by atoms with van der Waals surface area (Å²) in [6.45, 7) is 1.75. The number of rotatable bonds is 5. The second kappa shape index (κ2) is 6.13. The van der Waals surface area contributed by atoms with Crippen LogP contribution in [-0.4, -0.2) is 48.3 Å². The smallest absolute Gasteiger partial charge is 0.277 e. The van der Waals surface area contributed by atoms with E-state index in [0.717, 1.165) is 0 Å². The standard InChI is InChI=1S/C11H17N3O4S2/c1-7(10(15)12-2)19-11-14-13-9(18-11)5-8-3-4-20(16,17)6-8/h7-8H,3-6H2,1-2H3,(H,12,15)/t7-,8-/m1/s1. The lowest BCUT2D eigenvalue weighted by molar-refractivity contribution is -0.119. The number of thioether (sulfide) groups is 1. The zero-order chi connectivity index (χ0) is 14.8. The quantitative estimate of drug-likeness (QED) is 0.777. The summed E-state index contributed by atoms with van der Waals surface area (Å²) in [6, 6.07) is 0. The van der Waals surface area contributed by atoms with E-state index >= 15 is 0 Å². The molecule has 0 aliphatic carbocycles. The van der Waals surface area contributed by atoms with E-state index in [0.29, 0.717) is 24.0 Å². The van der Waals surface area contributed by atoms with Gasteiger partial charge >= 0.3 is 0 Å². The molecule has 7 nitrogen and oxygen atoms in total. The van der Waals surface area contributed by atoms with Gasteiger partial charge in [0, 0.05) is 13.5 Å². The summed E-state index contributed by atoms with van der Waals surface area (Å²) in [5.74, 6) is 0.790. The van der Waals surface area contributed by atoms with Gasteiger partial charge in [-0.25, -0.2) is 8.42 Å². The Bertz CT molecular complexity index is 584. The molecule has 1 N–H and O–H groups in total. The highest BCUT2D eigenvalue weighted by Crippen LogP contribution is 2.25. The molecular formula is C11H17N3O4S2. The van der Waals surface area contributed by atoms with Gasteiger partial charge in [-0.15, -0.1) is 10.2 Å². The van der Waals surface area contributed by atoms with Crippen molar-refractivity contribution in [2.24, 2.45) is 5.92 Å². The summed E-state index contributed by atoms with van der Waals surface area (Å²) in [5.41, 5.74) is 0. The van der Waals surface area contributed by atoms with E-state index in [2.05, 4.69) is 15.5 Å². The lowest BCUT2D eigenvalue weighted by Gasteiger charge is -2.05. The van der Waals surface area contributed by atoms with Gasteiger partial charge in [-0.1, -0.05) is 11.8 Å². The summed E-state index contributed by atoms with van der Waals surface area (Å²) in [5, 5.41) is 10.3. The first-order valence-electron chi connectivity index (χ1n) is 6.30. The molecule has 9 heteroatoms. The molecule has 0 unspecified atom stereocenters. The molecule has 1 aromatic heterocycles. The number of aromatic nitrogens is 2. The van der Waals surface area contributed by atoms with Crippen LogP contribution in [0.1, 0.15) is 19.2 Å². The Morgan fingerprint density at radius 1 is 1.55 bits per heavy atom. The fourth-order valence-corrected chi connectivity index (χ4v) is 4.68. The highest BCUT2D eigenvalue weighted by molar-refractivity contribution is 8.00. The van der Waals surface area contributed by atoms with Gasteiger partial charge in [-0.3, -0.25) is 4.79 Å². The maximum absolute atomic E-state index is 11.4. The topological polar surface area (TPSA) is 102 Å². The molecule has 0 aromatic carbocycles. The zero-order valence-corrected chi connectivity index (χ0v) is 13.0. The summed E-state index contributed by atoms with van der Waals surface area (Å²) in [6.07, 6.45) is 1.11. The van der Waals surface area contributed by atoms with Crippen molar-refractivity contribution in [1.82, 2.24) is 15.5 Å². The van der Waals surface area contributed by atoms with Crippen LogP contribution in [-0.2, 0) is 21.1 Å². The number of carbonyl (C=O) groups excluding carboxylic acids is 1. The number of nitrogens with one attached hydrogen (secondary N) is 1. The van der Waals surface area contributed by atoms with Crippen molar-refractivity contribution in [3.8, 4) is 0 Å². The number of sulfone groups is 1. The monoisotopic (exact) mass is 319 g/mol. The van der Waals surface area contributed by atoms with Gasteiger partial charge in [0.15, 0.2) is 9.84 Å². The first-order chi connectivity index (χ1) is 9.39. The molecule has 0 radical (unpaired) electrons. The Balaban J connectivity index is 1.91. The maximum Gasteiger partial charge on any atom is 0.277 e. The first-order valence-corrected chi connectivity index (χ1v) is 9.01. The molecule has 1 aliphatic rings. The predicted molar refractivity (Wildman–Crippen MR) is 74.1 cm³/mol. The molecule has 20 heavy (non-hydrogen) atoms. The lowest BCUT2D eigenvalue weighted by atomic mass is 10.1. The Kier molecular flexibility index (Phi) is 4.69. The van der Waals surface area contributed by atoms with Crippen LogP contribution in [0, 0.1) is 5.92 Å². The molecule has 2 rings (SSSR count). The van der Waals surface area contributed by atoms with E-state index in [4.69, 9.17) is 4.42 Å². The Hall–Kier alpha value is -1.09. The van der Waals surface area contributed by atoms with Gasteiger partial charge in [-0.05, 0) is 19.3 Å². The van der Waals surface area contributed by atoms with E-state index < -0.39 is 9.84 Å². The van der Waals surface area contributed by atoms with Crippen LogP contribution in [0.5, 0.6) is 0 Å². The zero-order valence-electron chi connectivity index (χ0n) is 11.3. The second-order valence-electron chi connectivity index (χ2n) is 4.81. The van der Waals surface area contributed by atoms with E-state index in [9.17, 15) is 13.2 Å². The minimum Gasteiger partial charge on any atom is -0.416 e. The molecule has 1 amide bonds. The lowest BCUT2D eigenvalue weighted by Crippen LogP contribution is -2.27. The van der Waals surface area contributed by atoms with Crippen molar-refractivity contribution in [3.05, 3.63) is 5.89 Å². The fourth-order valence-electron chi connectivity index (χ4n) is 2.06. The van der Waals surface area contributed by atoms with Crippen LogP contribution in [0.4, 0.5) is 0 Å². The molecule has 2 atom stereocenters. The number of nitrogens with zero attached hydrogens (tertiary/aromatic N) is 2. The molecule has 0 spiro atoms. The molecule has 0 saturated carbocycles. The number of amides is 1. The van der Waals surface area contributed by atoms with Gasteiger partial charge in [0.25, 0.3) is 5.22 Å². The fraction of sp³-hybridized carbons (Fsp3) is 0.727. The van der Waals surface area contributed by atoms with Crippen molar-refractivity contribution < 1.29 is 17.6 Å². The Labute approximate surface area is 121 Å². The Morgan fingerprint density at radius 2 is 2.30 bits per heavy atom. The molecular weight excluding hydrogens is 302 g/mol. The Morgan fingerprint density at radius 3 is 2.90 bits per heavy atom. The van der Waals surface area contributed by atoms with Crippen molar-refractivity contribution >= 4 is 27.5 Å². The minimum absolute atomic E-state index is 0.0506. The summed E-state index contributed by atoms with van der Waals surface area (Å²) < 4.78 is 28.2. The van der Waals surface area contributed by atoms with Crippen LogP contribution in [0.2, 0.25) is 0 Å². The van der Waals surface area contributed by atoms with Crippen LogP contribution in [0.25, 0.3) is 0 Å². The third-order valence-corrected chi connectivity index (χ3v) is 5.90. The average Bonchev–Trinajstić information content (AvgIpc) is 2.95. The number of hydrogen-bond donors (Lipinski definition) is 1. The van der Waals surface area contributed by atoms with Crippen LogP contribution in [0.3, 0.4) is 0 Å². The molecule has 1 saturated heterocycles. The summed E-state index contributed by atoms with van der Waals surface area (Å²) in [7, 11) is -1.32. The van der Waals surface area contributed by atoms with E-state index in [1.165, 1.54) is 11.8 Å². The second-order valence-corrected chi connectivity index (χ2v) is 8.33. The van der Waals surface area contributed by atoms with E-state index in [-0.39, 0.29) is 28.6 Å². The molecule has 112 valence electrons. The van der Waals surface area contributed by atoms with Crippen LogP contribution < -0.4 is 5.32 Å². The van der Waals surface area contributed by atoms with Crippen molar-refractivity contribution in [2.75, 3.05) is 18.6 Å². The van der Waals surface area contributed by atoms with Crippen LogP contribution >= 0.6 is 11.8 Å². The minimum atomic E-state index is -2.89. The highest BCUT2D eigenvalue weighted by Gasteiger charge is 2.29. The highest BCUT2D eigenvalue weighted by atomic mass is 32.2. The van der Waals surface area contributed by atoms with Crippen molar-refractivity contribution in [3.63, 3.8) is 0 Å². The summed E-state index contributed by atoms with van der Waals surface area (Å²) in [4.78, 5) is 11.4. The predicted octanol–water partition coefficient (Wildman–Crippen LogP) is 0.273. The molecule has 1 aromatic rings.